The smallest absolute Gasteiger partial charge is 0.475 e. The molecular weight excluding hydrogens is 265 g/mol. The van der Waals surface area contributed by atoms with Crippen molar-refractivity contribution in [3.8, 4) is 17.1 Å². The number of furan rings is 1. The maximum Gasteiger partial charge on any atom is 0.573 e. The Kier molecular flexibility index (Phi) is 3.20. The molecule has 4 nitrogen and oxygen atoms in total. The Labute approximate surface area is 105 Å². The second kappa shape index (κ2) is 4.68. The minimum Gasteiger partial charge on any atom is -0.475 e. The van der Waals surface area contributed by atoms with Crippen molar-refractivity contribution in [3.05, 3.63) is 42.2 Å². The monoisotopic (exact) mass is 272 g/mol. The van der Waals surface area contributed by atoms with Crippen molar-refractivity contribution >= 4 is 5.97 Å². The van der Waals surface area contributed by atoms with Crippen LogP contribution in [0.25, 0.3) is 11.3 Å². The molecule has 1 aromatic carbocycles. The van der Waals surface area contributed by atoms with E-state index in [-0.39, 0.29) is 17.1 Å². The van der Waals surface area contributed by atoms with Gasteiger partial charge in [-0.05, 0) is 24.3 Å². The number of aromatic carboxylic acids is 1. The topological polar surface area (TPSA) is 59.7 Å². The number of ether oxygens (including phenoxy) is 1. The Morgan fingerprint density at radius 2 is 1.84 bits per heavy atom. The lowest BCUT2D eigenvalue weighted by atomic mass is 10.1. The quantitative estimate of drug-likeness (QED) is 0.928. The number of hydrogen-bond acceptors (Lipinski definition) is 3. The van der Waals surface area contributed by atoms with Crippen LogP contribution in [-0.4, -0.2) is 17.4 Å². The highest BCUT2D eigenvalue weighted by molar-refractivity contribution is 5.85. The molecule has 1 heterocycles. The summed E-state index contributed by atoms with van der Waals surface area (Å²) in [4.78, 5) is 10.7. The van der Waals surface area contributed by atoms with Crippen LogP contribution in [0.5, 0.6) is 5.75 Å². The highest BCUT2D eigenvalue weighted by Crippen LogP contribution is 2.34. The highest BCUT2D eigenvalue weighted by Gasteiger charge is 2.32. The molecule has 1 N–H and O–H groups in total. The van der Waals surface area contributed by atoms with Gasteiger partial charge in [-0.15, -0.1) is 13.2 Å². The van der Waals surface area contributed by atoms with Gasteiger partial charge in [-0.2, -0.15) is 0 Å². The number of carboxylic acids is 1. The molecule has 0 aliphatic rings. The van der Waals surface area contributed by atoms with Gasteiger partial charge in [0.05, 0.1) is 5.56 Å². The molecule has 7 heteroatoms. The maximum absolute atomic E-state index is 12.2. The van der Waals surface area contributed by atoms with Crippen molar-refractivity contribution in [2.45, 2.75) is 6.36 Å². The van der Waals surface area contributed by atoms with E-state index in [9.17, 15) is 18.0 Å². The van der Waals surface area contributed by atoms with Crippen molar-refractivity contribution in [1.29, 1.82) is 0 Å². The maximum atomic E-state index is 12.2. The third-order valence-electron chi connectivity index (χ3n) is 2.19. The summed E-state index contributed by atoms with van der Waals surface area (Å²) in [7, 11) is 0. The Hall–Kier alpha value is -2.44. The lowest BCUT2D eigenvalue weighted by Crippen LogP contribution is -2.17. The summed E-state index contributed by atoms with van der Waals surface area (Å²) < 4.78 is 45.5. The van der Waals surface area contributed by atoms with Crippen LogP contribution in [0.1, 0.15) is 10.6 Å². The van der Waals surface area contributed by atoms with Gasteiger partial charge in [0.1, 0.15) is 11.5 Å². The third kappa shape index (κ3) is 3.06. The van der Waals surface area contributed by atoms with Crippen molar-refractivity contribution in [1.82, 2.24) is 0 Å². The Balaban J connectivity index is 2.41. The number of para-hydroxylation sites is 1. The zero-order chi connectivity index (χ0) is 14.0. The molecule has 19 heavy (non-hydrogen) atoms. The number of carboxylic acid groups (broad SMARTS) is 1. The third-order valence-corrected chi connectivity index (χ3v) is 2.19. The Morgan fingerprint density at radius 1 is 1.16 bits per heavy atom. The van der Waals surface area contributed by atoms with E-state index in [1.54, 1.807) is 0 Å². The van der Waals surface area contributed by atoms with E-state index in [4.69, 9.17) is 9.52 Å². The second-order valence-electron chi connectivity index (χ2n) is 3.51. The van der Waals surface area contributed by atoms with Crippen LogP contribution < -0.4 is 4.74 Å². The van der Waals surface area contributed by atoms with E-state index in [1.807, 2.05) is 0 Å². The molecule has 0 saturated carbocycles. The van der Waals surface area contributed by atoms with Crippen LogP contribution >= 0.6 is 0 Å². The minimum absolute atomic E-state index is 0.0164. The first-order valence-corrected chi connectivity index (χ1v) is 5.05. The Bertz CT molecular complexity index is 601. The lowest BCUT2D eigenvalue weighted by Gasteiger charge is -2.11. The van der Waals surface area contributed by atoms with Crippen molar-refractivity contribution < 1.29 is 32.2 Å². The molecule has 2 rings (SSSR count). The molecule has 1 aromatic heterocycles. The summed E-state index contributed by atoms with van der Waals surface area (Å²) in [5, 5.41) is 8.70. The number of halogens is 3. The van der Waals surface area contributed by atoms with E-state index in [0.717, 1.165) is 12.1 Å². The molecular formula is C12H7F3O4. The average molecular weight is 272 g/mol. The largest absolute Gasteiger partial charge is 0.573 e. The molecule has 0 amide bonds. The molecule has 0 fully saturated rings. The van der Waals surface area contributed by atoms with Gasteiger partial charge in [0, 0.05) is 0 Å². The van der Waals surface area contributed by atoms with E-state index < -0.39 is 18.1 Å². The van der Waals surface area contributed by atoms with Crippen molar-refractivity contribution in [3.63, 3.8) is 0 Å². The molecule has 100 valence electrons. The van der Waals surface area contributed by atoms with Crippen molar-refractivity contribution in [2.24, 2.45) is 0 Å². The van der Waals surface area contributed by atoms with Crippen LogP contribution in [0.2, 0.25) is 0 Å². The second-order valence-corrected chi connectivity index (χ2v) is 3.51. The first kappa shape index (κ1) is 13.0. The van der Waals surface area contributed by atoms with Gasteiger partial charge in [-0.3, -0.25) is 0 Å². The summed E-state index contributed by atoms with van der Waals surface area (Å²) in [6.45, 7) is 0. The predicted octanol–water partition coefficient (Wildman–Crippen LogP) is 3.54. The Morgan fingerprint density at radius 3 is 2.42 bits per heavy atom. The molecule has 0 saturated heterocycles. The van der Waals surface area contributed by atoms with Crippen molar-refractivity contribution in [2.75, 3.05) is 0 Å². The van der Waals surface area contributed by atoms with Gasteiger partial charge in [0.15, 0.2) is 0 Å². The number of alkyl halides is 3. The predicted molar refractivity (Wildman–Crippen MR) is 57.8 cm³/mol. The van der Waals surface area contributed by atoms with Crippen LogP contribution in [0, 0.1) is 0 Å². The van der Waals surface area contributed by atoms with Gasteiger partial charge in [0.2, 0.25) is 5.76 Å². The van der Waals surface area contributed by atoms with Gasteiger partial charge in [0.25, 0.3) is 0 Å². The van der Waals surface area contributed by atoms with Crippen LogP contribution in [0.4, 0.5) is 13.2 Å². The van der Waals surface area contributed by atoms with E-state index in [2.05, 4.69) is 4.74 Å². The molecule has 2 aromatic rings. The van der Waals surface area contributed by atoms with Crippen LogP contribution in [-0.2, 0) is 0 Å². The van der Waals surface area contributed by atoms with Gasteiger partial charge < -0.3 is 14.3 Å². The summed E-state index contributed by atoms with van der Waals surface area (Å²) in [6, 6.07) is 7.73. The highest BCUT2D eigenvalue weighted by atomic mass is 19.4. The lowest BCUT2D eigenvalue weighted by molar-refractivity contribution is -0.274. The fourth-order valence-corrected chi connectivity index (χ4v) is 1.48. The summed E-state index contributed by atoms with van der Waals surface area (Å²) in [6.07, 6.45) is -4.83. The molecule has 0 bridgehead atoms. The normalized spacial score (nSPS) is 11.3. The van der Waals surface area contributed by atoms with Crippen LogP contribution in [0.3, 0.4) is 0 Å². The van der Waals surface area contributed by atoms with Gasteiger partial charge in [-0.1, -0.05) is 12.1 Å². The summed E-state index contributed by atoms with van der Waals surface area (Å²) in [5.41, 5.74) is 0.0207. The number of carbonyl (C=O) groups is 1. The number of hydrogen-bond donors (Lipinski definition) is 1. The molecule has 0 radical (unpaired) electrons. The summed E-state index contributed by atoms with van der Waals surface area (Å²) >= 11 is 0. The standard InChI is InChI=1S/C12H7F3O4/c13-12(14,15)19-9-4-2-1-3-7(9)8-5-6-10(18-8)11(16)17/h1-6H,(H,16,17). The SMILES string of the molecule is O=C(O)c1ccc(-c2ccccc2OC(F)(F)F)o1. The van der Waals surface area contributed by atoms with E-state index in [1.165, 1.54) is 24.3 Å². The first-order valence-electron chi connectivity index (χ1n) is 5.05. The molecule has 0 spiro atoms. The minimum atomic E-state index is -4.83. The average Bonchev–Trinajstić information content (AvgIpc) is 2.76. The molecule has 0 aliphatic carbocycles. The first-order chi connectivity index (χ1) is 8.87. The van der Waals surface area contributed by atoms with Gasteiger partial charge >= 0.3 is 12.3 Å². The fraction of sp³-hybridized carbons (Fsp3) is 0.0833. The van der Waals surface area contributed by atoms with Gasteiger partial charge in [-0.25, -0.2) is 4.79 Å². The van der Waals surface area contributed by atoms with Crippen LogP contribution in [0.15, 0.2) is 40.8 Å². The zero-order valence-electron chi connectivity index (χ0n) is 9.27. The summed E-state index contributed by atoms with van der Waals surface area (Å²) in [5.74, 6) is -2.14. The molecule has 0 unspecified atom stereocenters. The van der Waals surface area contributed by atoms with E-state index >= 15 is 0 Å². The fourth-order valence-electron chi connectivity index (χ4n) is 1.48. The zero-order valence-corrected chi connectivity index (χ0v) is 9.27. The number of benzene rings is 1. The molecule has 0 atom stereocenters. The number of rotatable bonds is 3. The molecule has 0 aliphatic heterocycles. The van der Waals surface area contributed by atoms with E-state index in [0.29, 0.717) is 0 Å².